The minimum atomic E-state index is -0.782. The van der Waals surface area contributed by atoms with Crippen molar-refractivity contribution in [2.45, 2.75) is 31.6 Å². The maximum absolute atomic E-state index is 13.4. The lowest BCUT2D eigenvalue weighted by molar-refractivity contribution is -0.763. The van der Waals surface area contributed by atoms with Crippen molar-refractivity contribution in [3.8, 4) is 16.9 Å². The number of anilines is 1. The van der Waals surface area contributed by atoms with E-state index in [1.54, 1.807) is 14.3 Å². The van der Waals surface area contributed by atoms with Gasteiger partial charge in [-0.3, -0.25) is 14.6 Å². The molecule has 4 aromatic rings. The smallest absolute Gasteiger partial charge is 0.291 e. The van der Waals surface area contributed by atoms with Crippen molar-refractivity contribution in [2.75, 3.05) is 11.2 Å². The average molecular weight is 494 g/mol. The largest absolute Gasteiger partial charge is 0.325 e. The molecule has 34 heavy (non-hydrogen) atoms. The lowest BCUT2D eigenvalue weighted by Crippen LogP contribution is -2.61. The molecule has 0 saturated carbocycles. The number of hydrogen-bond donors (Lipinski definition) is 1. The van der Waals surface area contributed by atoms with Gasteiger partial charge in [0.15, 0.2) is 0 Å². The van der Waals surface area contributed by atoms with E-state index in [9.17, 15) is 9.59 Å². The summed E-state index contributed by atoms with van der Waals surface area (Å²) < 4.78 is 3.25. The Morgan fingerprint density at radius 1 is 1.18 bits per heavy atom. The topological polar surface area (TPSA) is 87.8 Å². The second kappa shape index (κ2) is 8.73. The highest BCUT2D eigenvalue weighted by Gasteiger charge is 2.48. The molecule has 0 spiro atoms. The van der Waals surface area contributed by atoms with E-state index < -0.39 is 6.17 Å². The van der Waals surface area contributed by atoms with Crippen LogP contribution in [0, 0.1) is 6.92 Å². The molecule has 1 N–H and O–H groups in total. The number of hydrogen-bond acceptors (Lipinski definition) is 5. The number of carbonyl (C=O) groups is 1. The van der Waals surface area contributed by atoms with Crippen LogP contribution in [0.5, 0.6) is 0 Å². The fourth-order valence-corrected chi connectivity index (χ4v) is 5.04. The van der Waals surface area contributed by atoms with Crippen LogP contribution in [-0.4, -0.2) is 32.0 Å². The van der Waals surface area contributed by atoms with Crippen molar-refractivity contribution in [1.82, 2.24) is 19.9 Å². The van der Waals surface area contributed by atoms with Crippen molar-refractivity contribution in [3.05, 3.63) is 81.4 Å². The number of fused-ring (bicyclic) bond motifs is 3. The van der Waals surface area contributed by atoms with Crippen LogP contribution in [0.1, 0.15) is 30.8 Å². The van der Waals surface area contributed by atoms with Gasteiger partial charge in [0.2, 0.25) is 11.1 Å². The van der Waals surface area contributed by atoms with Gasteiger partial charge in [-0.25, -0.2) is 9.58 Å². The van der Waals surface area contributed by atoms with Crippen LogP contribution in [0.25, 0.3) is 16.9 Å². The fourth-order valence-electron chi connectivity index (χ4n) is 4.31. The first-order valence-corrected chi connectivity index (χ1v) is 12.4. The van der Waals surface area contributed by atoms with Crippen molar-refractivity contribution in [3.63, 3.8) is 0 Å². The number of amides is 1. The number of benzene rings is 2. The van der Waals surface area contributed by atoms with E-state index in [1.165, 1.54) is 11.8 Å². The van der Waals surface area contributed by atoms with Crippen LogP contribution in [0.15, 0.2) is 64.5 Å². The Morgan fingerprint density at radius 3 is 2.59 bits per heavy atom. The van der Waals surface area contributed by atoms with Gasteiger partial charge in [0.1, 0.15) is 10.7 Å². The number of para-hydroxylation sites is 2. The van der Waals surface area contributed by atoms with E-state index in [4.69, 9.17) is 16.7 Å². The molecule has 1 amide bonds. The number of H-pyrrole nitrogens is 1. The molecular weight excluding hydrogens is 472 g/mol. The number of aromatic amines is 1. The number of carbonyl (C=O) groups excluding carboxylic acids is 1. The molecule has 0 unspecified atom stereocenters. The summed E-state index contributed by atoms with van der Waals surface area (Å²) in [5, 5.41) is 10.2. The SMILES string of the molecule is CCC(=O)N1c2ccccc2-c2c(=O)[nH]c(SC)n[n+]2[C@H]1c1c(C)nn(-c2ccccc2)c1Cl. The highest BCUT2D eigenvalue weighted by atomic mass is 35.5. The molecule has 0 radical (unpaired) electrons. The number of aromatic nitrogens is 5. The Kier molecular flexibility index (Phi) is 5.75. The van der Waals surface area contributed by atoms with Gasteiger partial charge in [0.25, 0.3) is 6.17 Å². The summed E-state index contributed by atoms with van der Waals surface area (Å²) in [5.74, 6) is -0.119. The molecule has 5 rings (SSSR count). The quantitative estimate of drug-likeness (QED) is 0.344. The van der Waals surface area contributed by atoms with Gasteiger partial charge in [-0.1, -0.05) is 60.6 Å². The van der Waals surface area contributed by atoms with Crippen molar-refractivity contribution < 1.29 is 9.48 Å². The second-order valence-corrected chi connectivity index (χ2v) is 8.95. The molecule has 8 nitrogen and oxygen atoms in total. The number of aryl methyl sites for hydroxylation is 1. The summed E-state index contributed by atoms with van der Waals surface area (Å²) in [4.78, 5) is 31.1. The van der Waals surface area contributed by atoms with Crippen LogP contribution in [-0.2, 0) is 4.79 Å². The maximum atomic E-state index is 13.4. The monoisotopic (exact) mass is 493 g/mol. The number of thioether (sulfide) groups is 1. The molecule has 10 heteroatoms. The van der Waals surface area contributed by atoms with E-state index in [1.807, 2.05) is 74.7 Å². The van der Waals surface area contributed by atoms with Gasteiger partial charge in [0, 0.05) is 11.5 Å². The van der Waals surface area contributed by atoms with Crippen LogP contribution in [0.3, 0.4) is 0 Å². The normalized spacial score (nSPS) is 14.6. The Morgan fingerprint density at radius 2 is 1.88 bits per heavy atom. The molecule has 3 heterocycles. The van der Waals surface area contributed by atoms with Crippen molar-refractivity contribution in [2.24, 2.45) is 0 Å². The minimum absolute atomic E-state index is 0.119. The zero-order valence-electron chi connectivity index (χ0n) is 18.8. The summed E-state index contributed by atoms with van der Waals surface area (Å²) in [6.45, 7) is 3.65. The van der Waals surface area contributed by atoms with Crippen molar-refractivity contribution in [1.29, 1.82) is 0 Å². The van der Waals surface area contributed by atoms with Crippen LogP contribution in [0.4, 0.5) is 5.69 Å². The van der Waals surface area contributed by atoms with Gasteiger partial charge in [-0.2, -0.15) is 5.10 Å². The molecule has 0 fully saturated rings. The van der Waals surface area contributed by atoms with Crippen LogP contribution < -0.4 is 15.1 Å². The molecule has 0 aliphatic carbocycles. The molecule has 0 saturated heterocycles. The molecule has 0 bridgehead atoms. The van der Waals surface area contributed by atoms with E-state index in [0.717, 1.165) is 5.69 Å². The van der Waals surface area contributed by atoms with Gasteiger partial charge in [-0.15, -0.1) is 0 Å². The van der Waals surface area contributed by atoms with E-state index in [0.29, 0.717) is 38.5 Å². The molecule has 2 aromatic heterocycles. The Balaban J connectivity index is 1.85. The van der Waals surface area contributed by atoms with Gasteiger partial charge in [0.05, 0.1) is 22.6 Å². The summed E-state index contributed by atoms with van der Waals surface area (Å²) in [7, 11) is 0. The first-order valence-electron chi connectivity index (χ1n) is 10.8. The van der Waals surface area contributed by atoms with Gasteiger partial charge >= 0.3 is 11.3 Å². The van der Waals surface area contributed by atoms with E-state index in [2.05, 4.69) is 10.1 Å². The van der Waals surface area contributed by atoms with Gasteiger partial charge in [-0.05, 0) is 42.1 Å². The molecule has 1 aliphatic rings. The summed E-state index contributed by atoms with van der Waals surface area (Å²) >= 11 is 8.26. The molecule has 1 atom stereocenters. The average Bonchev–Trinajstić information content (AvgIpc) is 3.16. The van der Waals surface area contributed by atoms with E-state index >= 15 is 0 Å². The Bertz CT molecular complexity index is 1470. The third-order valence-corrected chi connectivity index (χ3v) is 6.76. The summed E-state index contributed by atoms with van der Waals surface area (Å²) in [6, 6.07) is 16.9. The zero-order chi connectivity index (χ0) is 24.0. The number of nitrogens with zero attached hydrogens (tertiary/aromatic N) is 5. The zero-order valence-corrected chi connectivity index (χ0v) is 20.4. The third-order valence-electron chi connectivity index (χ3n) is 5.83. The number of halogens is 1. The number of rotatable bonds is 4. The predicted octanol–water partition coefficient (Wildman–Crippen LogP) is 3.90. The van der Waals surface area contributed by atoms with Crippen LogP contribution >= 0.6 is 23.4 Å². The van der Waals surface area contributed by atoms with Gasteiger partial charge < -0.3 is 0 Å². The van der Waals surface area contributed by atoms with E-state index in [-0.39, 0.29) is 17.9 Å². The third kappa shape index (κ3) is 3.43. The Hall–Kier alpha value is -3.43. The Labute approximate surface area is 205 Å². The summed E-state index contributed by atoms with van der Waals surface area (Å²) in [5.41, 5.74) is 3.38. The molecule has 2 aromatic carbocycles. The maximum Gasteiger partial charge on any atom is 0.325 e. The first-order chi connectivity index (χ1) is 16.5. The highest BCUT2D eigenvalue weighted by Crippen LogP contribution is 2.40. The lowest BCUT2D eigenvalue weighted by Gasteiger charge is -2.31. The lowest BCUT2D eigenvalue weighted by atomic mass is 10.0. The molecule has 172 valence electrons. The minimum Gasteiger partial charge on any atom is -0.291 e. The molecular formula is C24H22ClN6O2S+. The van der Waals surface area contributed by atoms with Crippen LogP contribution in [0.2, 0.25) is 5.15 Å². The summed E-state index contributed by atoms with van der Waals surface area (Å²) in [6.07, 6.45) is 1.32. The fraction of sp³-hybridized carbons (Fsp3) is 0.208. The predicted molar refractivity (Wildman–Crippen MR) is 131 cm³/mol. The second-order valence-electron chi connectivity index (χ2n) is 7.80. The number of nitrogens with one attached hydrogen (secondary N) is 1. The standard InChI is InChI=1S/C24H21ClN6O2S/c1-4-18(32)29-17-13-9-8-12-16(17)20-22(33)26-24(34-3)28-31(20)23(29)19-14(2)27-30(21(19)25)15-10-6-5-7-11-15/h5-13,23H,4H2,1-3H3/p+1/t23-/m0/s1. The first kappa shape index (κ1) is 22.4. The highest BCUT2D eigenvalue weighted by molar-refractivity contribution is 7.98. The van der Waals surface area contributed by atoms with Crippen molar-refractivity contribution >= 4 is 35.0 Å². The molecule has 1 aliphatic heterocycles.